The van der Waals surface area contributed by atoms with Gasteiger partial charge >= 0.3 is 0 Å². The third-order valence-corrected chi connectivity index (χ3v) is 6.34. The van der Waals surface area contributed by atoms with Gasteiger partial charge in [0.1, 0.15) is 5.75 Å². The zero-order valence-electron chi connectivity index (χ0n) is 14.6. The van der Waals surface area contributed by atoms with Crippen LogP contribution in [0.3, 0.4) is 0 Å². The summed E-state index contributed by atoms with van der Waals surface area (Å²) in [6.45, 7) is 1.23. The molecule has 0 spiro atoms. The second-order valence-corrected chi connectivity index (χ2v) is 8.19. The highest BCUT2D eigenvalue weighted by Gasteiger charge is 2.27. The molecule has 1 aliphatic heterocycles. The molecule has 2 aromatic rings. The molecule has 7 nitrogen and oxygen atoms in total. The number of rotatable bonds is 5. The Hall–Kier alpha value is -2.13. The van der Waals surface area contributed by atoms with Crippen molar-refractivity contribution in [3.05, 3.63) is 53.1 Å². The highest BCUT2D eigenvalue weighted by Crippen LogP contribution is 2.25. The van der Waals surface area contributed by atoms with Crippen molar-refractivity contribution in [2.24, 2.45) is 0 Å². The molecular formula is C18H19ClN2O5S. The van der Waals surface area contributed by atoms with Crippen molar-refractivity contribution in [2.45, 2.75) is 4.90 Å². The summed E-state index contributed by atoms with van der Waals surface area (Å²) in [5, 5.41) is 2.86. The summed E-state index contributed by atoms with van der Waals surface area (Å²) in [6, 6.07) is 10.9. The van der Waals surface area contributed by atoms with Crippen LogP contribution < -0.4 is 10.1 Å². The van der Waals surface area contributed by atoms with Gasteiger partial charge in [-0.25, -0.2) is 8.42 Å². The van der Waals surface area contributed by atoms with E-state index in [9.17, 15) is 13.2 Å². The summed E-state index contributed by atoms with van der Waals surface area (Å²) in [6.07, 6.45) is 0. The van der Waals surface area contributed by atoms with Gasteiger partial charge in [0.2, 0.25) is 10.0 Å². The van der Waals surface area contributed by atoms with Crippen LogP contribution in [-0.4, -0.2) is 52.0 Å². The zero-order chi connectivity index (χ0) is 19.4. The predicted molar refractivity (Wildman–Crippen MR) is 102 cm³/mol. The van der Waals surface area contributed by atoms with Crippen molar-refractivity contribution in [3.8, 4) is 5.75 Å². The van der Waals surface area contributed by atoms with Gasteiger partial charge in [0.05, 0.1) is 35.8 Å². The Morgan fingerprint density at radius 1 is 1.19 bits per heavy atom. The lowest BCUT2D eigenvalue weighted by atomic mass is 10.2. The van der Waals surface area contributed by atoms with Crippen LogP contribution in [0.2, 0.25) is 5.02 Å². The maximum atomic E-state index is 12.8. The van der Waals surface area contributed by atoms with Crippen molar-refractivity contribution in [1.29, 1.82) is 0 Å². The monoisotopic (exact) mass is 410 g/mol. The van der Waals surface area contributed by atoms with Crippen LogP contribution in [0.4, 0.5) is 5.69 Å². The second kappa shape index (κ2) is 8.26. The molecule has 9 heteroatoms. The summed E-state index contributed by atoms with van der Waals surface area (Å²) < 4.78 is 37.2. The number of hydrogen-bond acceptors (Lipinski definition) is 5. The fraction of sp³-hybridized carbons (Fsp3) is 0.278. The van der Waals surface area contributed by atoms with E-state index in [1.807, 2.05) is 0 Å². The van der Waals surface area contributed by atoms with Gasteiger partial charge in [-0.2, -0.15) is 4.31 Å². The van der Waals surface area contributed by atoms with Crippen LogP contribution in [0.25, 0.3) is 0 Å². The van der Waals surface area contributed by atoms with Gasteiger partial charge in [-0.3, -0.25) is 4.79 Å². The largest absolute Gasteiger partial charge is 0.497 e. The molecule has 0 aromatic heterocycles. The number of nitrogens with one attached hydrogen (secondary N) is 1. The van der Waals surface area contributed by atoms with E-state index in [1.54, 1.807) is 24.3 Å². The van der Waals surface area contributed by atoms with Crippen LogP contribution in [0.15, 0.2) is 47.4 Å². The summed E-state index contributed by atoms with van der Waals surface area (Å²) >= 11 is 6.14. The zero-order valence-corrected chi connectivity index (χ0v) is 16.2. The number of benzene rings is 2. The van der Waals surface area contributed by atoms with Crippen LogP contribution in [-0.2, 0) is 14.8 Å². The first-order chi connectivity index (χ1) is 12.9. The molecule has 1 N–H and O–H groups in total. The van der Waals surface area contributed by atoms with Crippen molar-refractivity contribution >= 4 is 33.2 Å². The minimum Gasteiger partial charge on any atom is -0.497 e. The number of nitrogens with zero attached hydrogens (tertiary/aromatic N) is 1. The summed E-state index contributed by atoms with van der Waals surface area (Å²) in [7, 11) is -2.20. The van der Waals surface area contributed by atoms with E-state index in [4.69, 9.17) is 21.1 Å². The van der Waals surface area contributed by atoms with Crippen LogP contribution in [0.1, 0.15) is 10.4 Å². The summed E-state index contributed by atoms with van der Waals surface area (Å²) in [5.74, 6) is 0.0785. The number of methoxy groups -OCH3 is 1. The van der Waals surface area contributed by atoms with Crippen molar-refractivity contribution in [1.82, 2.24) is 4.31 Å². The second-order valence-electron chi connectivity index (χ2n) is 5.84. The third kappa shape index (κ3) is 4.41. The molecule has 1 amide bonds. The molecule has 0 saturated carbocycles. The number of anilines is 1. The molecular weight excluding hydrogens is 392 g/mol. The number of ether oxygens (including phenoxy) is 2. The summed E-state index contributed by atoms with van der Waals surface area (Å²) in [4.78, 5) is 12.6. The quantitative estimate of drug-likeness (QED) is 0.819. The average molecular weight is 411 g/mol. The van der Waals surface area contributed by atoms with Gasteiger partial charge in [-0.1, -0.05) is 17.7 Å². The fourth-order valence-corrected chi connectivity index (χ4v) is 4.31. The van der Waals surface area contributed by atoms with Gasteiger partial charge in [0.15, 0.2) is 0 Å². The van der Waals surface area contributed by atoms with Gasteiger partial charge in [0.25, 0.3) is 5.91 Å². The van der Waals surface area contributed by atoms with Crippen molar-refractivity contribution in [2.75, 3.05) is 38.7 Å². The normalized spacial score (nSPS) is 15.3. The first-order valence-corrected chi connectivity index (χ1v) is 10.1. The number of carbonyl (C=O) groups excluding carboxylic acids is 1. The highest BCUT2D eigenvalue weighted by atomic mass is 35.5. The van der Waals surface area contributed by atoms with E-state index in [0.717, 1.165) is 0 Å². The Kier molecular flexibility index (Phi) is 6.01. The van der Waals surface area contributed by atoms with Gasteiger partial charge in [-0.15, -0.1) is 0 Å². The Bertz CT molecular complexity index is 943. The molecule has 27 heavy (non-hydrogen) atoms. The molecule has 1 saturated heterocycles. The lowest BCUT2D eigenvalue weighted by Gasteiger charge is -2.26. The van der Waals surface area contributed by atoms with E-state index in [2.05, 4.69) is 5.32 Å². The number of halogens is 1. The molecule has 0 radical (unpaired) electrons. The molecule has 144 valence electrons. The van der Waals surface area contributed by atoms with E-state index < -0.39 is 15.9 Å². The molecule has 0 bridgehead atoms. The molecule has 3 rings (SSSR count). The van der Waals surface area contributed by atoms with Crippen molar-refractivity contribution in [3.63, 3.8) is 0 Å². The first kappa shape index (κ1) is 19.6. The van der Waals surface area contributed by atoms with Gasteiger partial charge in [0, 0.05) is 24.8 Å². The summed E-state index contributed by atoms with van der Waals surface area (Å²) in [5.41, 5.74) is 0.589. The predicted octanol–water partition coefficient (Wildman–Crippen LogP) is 2.62. The number of amides is 1. The van der Waals surface area contributed by atoms with Gasteiger partial charge < -0.3 is 14.8 Å². The highest BCUT2D eigenvalue weighted by molar-refractivity contribution is 7.89. The molecule has 2 aromatic carbocycles. The van der Waals surface area contributed by atoms with Gasteiger partial charge in [-0.05, 0) is 30.3 Å². The first-order valence-electron chi connectivity index (χ1n) is 8.24. The number of morpholine rings is 1. The number of hydrogen-bond donors (Lipinski definition) is 1. The third-order valence-electron chi connectivity index (χ3n) is 4.12. The fourth-order valence-electron chi connectivity index (χ4n) is 2.67. The molecule has 0 unspecified atom stereocenters. The maximum Gasteiger partial charge on any atom is 0.257 e. The Labute approximate surface area is 162 Å². The molecule has 1 aliphatic rings. The van der Waals surface area contributed by atoms with E-state index >= 15 is 0 Å². The molecule has 0 atom stereocenters. The lowest BCUT2D eigenvalue weighted by molar-refractivity contribution is 0.0730. The minimum atomic E-state index is -3.72. The van der Waals surface area contributed by atoms with E-state index in [0.29, 0.717) is 24.7 Å². The van der Waals surface area contributed by atoms with Crippen molar-refractivity contribution < 1.29 is 22.7 Å². The number of carbonyl (C=O) groups is 1. The standard InChI is InChI=1S/C18H19ClN2O5S/c1-25-14-4-2-3-13(11-14)20-18(22)16-12-15(5-6-17(16)19)27(23,24)21-7-9-26-10-8-21/h2-6,11-12H,7-10H2,1H3,(H,20,22). The molecule has 1 heterocycles. The maximum absolute atomic E-state index is 12.8. The topological polar surface area (TPSA) is 84.9 Å². The lowest BCUT2D eigenvalue weighted by Crippen LogP contribution is -2.40. The number of sulfonamides is 1. The molecule has 0 aliphatic carbocycles. The Morgan fingerprint density at radius 2 is 1.93 bits per heavy atom. The van der Waals surface area contributed by atoms with E-state index in [-0.39, 0.29) is 28.6 Å². The Morgan fingerprint density at radius 3 is 2.63 bits per heavy atom. The van der Waals surface area contributed by atoms with E-state index in [1.165, 1.54) is 29.6 Å². The smallest absolute Gasteiger partial charge is 0.257 e. The molecule has 1 fully saturated rings. The Balaban J connectivity index is 1.87. The average Bonchev–Trinajstić information content (AvgIpc) is 2.69. The van der Waals surface area contributed by atoms with Crippen LogP contribution in [0.5, 0.6) is 5.75 Å². The minimum absolute atomic E-state index is 0.0181. The van der Waals surface area contributed by atoms with Crippen LogP contribution in [0, 0.1) is 0 Å². The SMILES string of the molecule is COc1cccc(NC(=O)c2cc(S(=O)(=O)N3CCOCC3)ccc2Cl)c1. The van der Waals surface area contributed by atoms with Crippen LogP contribution >= 0.6 is 11.6 Å².